The van der Waals surface area contributed by atoms with E-state index in [1.54, 1.807) is 11.8 Å². The lowest BCUT2D eigenvalue weighted by molar-refractivity contribution is 0.327. The Kier molecular flexibility index (Phi) is 4.73. The molecule has 0 radical (unpaired) electrons. The fourth-order valence-electron chi connectivity index (χ4n) is 4.26. The average Bonchev–Trinajstić information content (AvgIpc) is 3.29. The van der Waals surface area contributed by atoms with E-state index in [1.807, 2.05) is 6.21 Å². The summed E-state index contributed by atoms with van der Waals surface area (Å²) in [5, 5.41) is 13.5. The predicted octanol–water partition coefficient (Wildman–Crippen LogP) is 1.72. The van der Waals surface area contributed by atoms with E-state index in [-0.39, 0.29) is 0 Å². The Balaban J connectivity index is 1.42. The van der Waals surface area contributed by atoms with Crippen molar-refractivity contribution in [3.05, 3.63) is 22.1 Å². The number of amidine groups is 1. The second kappa shape index (κ2) is 6.85. The van der Waals surface area contributed by atoms with E-state index in [2.05, 4.69) is 44.9 Å². The Morgan fingerprint density at radius 2 is 2.36 bits per heavy atom. The lowest BCUT2D eigenvalue weighted by Gasteiger charge is -2.26. The molecule has 2 fully saturated rings. The van der Waals surface area contributed by atoms with Crippen LogP contribution in [0.15, 0.2) is 32.3 Å². The Labute approximate surface area is 158 Å². The quantitative estimate of drug-likeness (QED) is 0.294. The van der Waals surface area contributed by atoms with Crippen LogP contribution in [0, 0.1) is 23.2 Å². The number of nitrogens with zero attached hydrogens (tertiary/aromatic N) is 3. The van der Waals surface area contributed by atoms with Crippen molar-refractivity contribution < 1.29 is 0 Å². The topological polar surface area (TPSA) is 78.0 Å². The molecule has 1 aliphatic carbocycles. The first-order valence-electron chi connectivity index (χ1n) is 8.83. The number of nitrogens with two attached hydrogens (primary N) is 1. The fraction of sp³-hybridized carbons (Fsp3) is 0.647. The van der Waals surface area contributed by atoms with E-state index in [0.29, 0.717) is 23.2 Å². The number of hydrogen-bond donors (Lipinski definition) is 3. The van der Waals surface area contributed by atoms with Gasteiger partial charge in [-0.05, 0) is 30.0 Å². The van der Waals surface area contributed by atoms with Crippen LogP contribution in [-0.2, 0) is 0 Å². The van der Waals surface area contributed by atoms with Crippen LogP contribution in [0.25, 0.3) is 0 Å². The summed E-state index contributed by atoms with van der Waals surface area (Å²) in [5.74, 6) is 7.22. The van der Waals surface area contributed by atoms with Crippen molar-refractivity contribution in [2.24, 2.45) is 39.2 Å². The van der Waals surface area contributed by atoms with Crippen molar-refractivity contribution in [2.75, 3.05) is 32.7 Å². The first-order valence-corrected chi connectivity index (χ1v) is 10.0. The third-order valence-corrected chi connectivity index (χ3v) is 7.51. The van der Waals surface area contributed by atoms with Gasteiger partial charge in [-0.25, -0.2) is 0 Å². The maximum atomic E-state index is 6.61. The highest BCUT2D eigenvalue weighted by Gasteiger charge is 2.47. The molecule has 4 atom stereocenters. The first-order chi connectivity index (χ1) is 12.1. The highest BCUT2D eigenvalue weighted by molar-refractivity contribution is 8.17. The van der Waals surface area contributed by atoms with E-state index >= 15 is 0 Å². The molecule has 3 aliphatic heterocycles. The van der Waals surface area contributed by atoms with E-state index in [9.17, 15) is 0 Å². The van der Waals surface area contributed by atoms with Gasteiger partial charge in [0.15, 0.2) is 5.17 Å². The number of halogens is 1. The molecule has 0 aromatic rings. The van der Waals surface area contributed by atoms with Crippen molar-refractivity contribution in [1.82, 2.24) is 15.6 Å². The summed E-state index contributed by atoms with van der Waals surface area (Å²) in [6.07, 6.45) is 7.21. The largest absolute Gasteiger partial charge is 0.349 e. The van der Waals surface area contributed by atoms with Gasteiger partial charge in [0.25, 0.3) is 0 Å². The molecule has 2 saturated heterocycles. The minimum Gasteiger partial charge on any atom is -0.349 e. The molecule has 4 rings (SSSR count). The number of allylic oxidation sites excluding steroid dienone is 3. The molecule has 8 heteroatoms. The normalized spacial score (nSPS) is 37.8. The zero-order chi connectivity index (χ0) is 17.4. The number of thioether (sulfide) groups is 1. The Bertz CT molecular complexity index is 660. The number of nitrogens with one attached hydrogen (secondary N) is 2. The summed E-state index contributed by atoms with van der Waals surface area (Å²) in [6.45, 7) is 7.39. The zero-order valence-electron chi connectivity index (χ0n) is 14.4. The number of rotatable bonds is 2. The Morgan fingerprint density at radius 3 is 3.04 bits per heavy atom. The summed E-state index contributed by atoms with van der Waals surface area (Å²) < 4.78 is 0. The Morgan fingerprint density at radius 1 is 1.48 bits per heavy atom. The molecular formula is C17H25ClN6S. The molecule has 0 aromatic carbocycles. The molecule has 25 heavy (non-hydrogen) atoms. The van der Waals surface area contributed by atoms with Crippen LogP contribution in [0.3, 0.4) is 0 Å². The second-order valence-corrected chi connectivity index (χ2v) is 9.14. The molecule has 4 N–H and O–H groups in total. The third-order valence-electron chi connectivity index (χ3n) is 5.89. The molecule has 6 nitrogen and oxygen atoms in total. The summed E-state index contributed by atoms with van der Waals surface area (Å²) in [4.78, 5) is 3.38. The summed E-state index contributed by atoms with van der Waals surface area (Å²) in [6, 6.07) is 0. The number of hydrazone groups is 2. The van der Waals surface area contributed by atoms with Gasteiger partial charge in [-0.15, -0.1) is 0 Å². The first kappa shape index (κ1) is 17.2. The number of likely N-dealkylation sites (tertiary alicyclic amines) is 1. The minimum atomic E-state index is 0.316. The summed E-state index contributed by atoms with van der Waals surface area (Å²) >= 11 is 8.20. The van der Waals surface area contributed by atoms with Gasteiger partial charge in [0.05, 0.1) is 0 Å². The van der Waals surface area contributed by atoms with Gasteiger partial charge in [-0.1, -0.05) is 30.7 Å². The smallest absolute Gasteiger partial charge is 0.187 e. The van der Waals surface area contributed by atoms with Crippen molar-refractivity contribution in [2.45, 2.75) is 13.3 Å². The number of fused-ring (bicyclic) bond motifs is 1. The van der Waals surface area contributed by atoms with Crippen molar-refractivity contribution in [3.63, 3.8) is 0 Å². The van der Waals surface area contributed by atoms with Gasteiger partial charge < -0.3 is 21.5 Å². The Hall–Kier alpha value is -1.18. The molecule has 0 aromatic heterocycles. The summed E-state index contributed by atoms with van der Waals surface area (Å²) in [5.41, 5.74) is 3.34. The third kappa shape index (κ3) is 3.29. The van der Waals surface area contributed by atoms with Crippen LogP contribution in [0.4, 0.5) is 0 Å². The van der Waals surface area contributed by atoms with Gasteiger partial charge in [0.1, 0.15) is 0 Å². The summed E-state index contributed by atoms with van der Waals surface area (Å²) in [7, 11) is 0. The van der Waals surface area contributed by atoms with Crippen molar-refractivity contribution in [3.8, 4) is 0 Å². The van der Waals surface area contributed by atoms with E-state index in [4.69, 9.17) is 17.4 Å². The van der Waals surface area contributed by atoms with Crippen LogP contribution in [0.5, 0.6) is 0 Å². The molecule has 0 spiro atoms. The van der Waals surface area contributed by atoms with Crippen LogP contribution in [0.1, 0.15) is 13.3 Å². The monoisotopic (exact) mass is 380 g/mol. The molecule has 136 valence electrons. The highest BCUT2D eigenvalue weighted by Crippen LogP contribution is 2.42. The average molecular weight is 381 g/mol. The van der Waals surface area contributed by atoms with E-state index < -0.39 is 0 Å². The molecular weight excluding hydrogens is 356 g/mol. The number of hydrogen-bond acceptors (Lipinski definition) is 6. The maximum absolute atomic E-state index is 6.61. The molecule has 0 unspecified atom stereocenters. The molecule has 0 bridgehead atoms. The second-order valence-electron chi connectivity index (χ2n) is 7.68. The van der Waals surface area contributed by atoms with Gasteiger partial charge in [-0.2, -0.15) is 10.2 Å². The molecule has 4 aliphatic rings. The predicted molar refractivity (Wildman–Crippen MR) is 105 cm³/mol. The van der Waals surface area contributed by atoms with Gasteiger partial charge in [-0.3, -0.25) is 0 Å². The van der Waals surface area contributed by atoms with Crippen molar-refractivity contribution >= 4 is 34.7 Å². The standard InChI is InChI=1S/C17H25ClN6S/c1-17-9-20-7-13(17)8-24(10-17)16(23-19)25-15-3-2-11(4-14(15)18)12-5-21-22-6-12/h2-3,5,11-13,20,22H,4,6-10,19H2,1H3/b23-16-/t11-,12-,13-,17+/m1/s1. The fourth-order valence-corrected chi connectivity index (χ4v) is 5.47. The van der Waals surface area contributed by atoms with E-state index in [1.165, 1.54) is 0 Å². The SMILES string of the molecule is C[C@@]12CNC[C@@H]1CN(/C(=N/N)SC1=C(Cl)C[C@H]([C@@H]3C=NNC3)C=C1)C2. The van der Waals surface area contributed by atoms with Gasteiger partial charge in [0, 0.05) is 60.2 Å². The highest BCUT2D eigenvalue weighted by atomic mass is 35.5. The van der Waals surface area contributed by atoms with Gasteiger partial charge >= 0.3 is 0 Å². The van der Waals surface area contributed by atoms with Gasteiger partial charge in [0.2, 0.25) is 0 Å². The lowest BCUT2D eigenvalue weighted by Crippen LogP contribution is -2.33. The van der Waals surface area contributed by atoms with Crippen LogP contribution in [0.2, 0.25) is 0 Å². The molecule has 0 saturated carbocycles. The van der Waals surface area contributed by atoms with Crippen LogP contribution >= 0.6 is 23.4 Å². The molecule has 3 heterocycles. The van der Waals surface area contributed by atoms with Crippen LogP contribution < -0.4 is 16.6 Å². The maximum Gasteiger partial charge on any atom is 0.187 e. The zero-order valence-corrected chi connectivity index (χ0v) is 16.0. The van der Waals surface area contributed by atoms with E-state index in [0.717, 1.165) is 54.2 Å². The lowest BCUT2D eigenvalue weighted by atomic mass is 9.83. The minimum absolute atomic E-state index is 0.316. The van der Waals surface area contributed by atoms with Crippen LogP contribution in [-0.4, -0.2) is 49.0 Å². The molecule has 0 amide bonds. The van der Waals surface area contributed by atoms with Crippen molar-refractivity contribution in [1.29, 1.82) is 0 Å².